The molecule has 0 saturated carbocycles. The number of rotatable bonds is 3. The number of aliphatic hydroxyl groups excluding tert-OH is 1. The lowest BCUT2D eigenvalue weighted by Crippen LogP contribution is -2.47. The van der Waals surface area contributed by atoms with Crippen molar-refractivity contribution in [3.05, 3.63) is 48.0 Å². The molecule has 0 unspecified atom stereocenters. The average molecular weight is 260 g/mol. The summed E-state index contributed by atoms with van der Waals surface area (Å²) in [5.74, 6) is 0.719. The number of aliphatic hydroxyl groups is 1. The van der Waals surface area contributed by atoms with Gasteiger partial charge >= 0.3 is 0 Å². The number of hydrogen-bond donors (Lipinski definition) is 1. The molecule has 2 aliphatic rings. The number of benzene rings is 1. The van der Waals surface area contributed by atoms with E-state index in [1.807, 2.05) is 30.3 Å². The summed E-state index contributed by atoms with van der Waals surface area (Å²) in [5, 5.41) is 10.4. The van der Waals surface area contributed by atoms with Crippen LogP contribution in [0.3, 0.4) is 0 Å². The third kappa shape index (κ3) is 2.89. The van der Waals surface area contributed by atoms with Gasteiger partial charge in [0.05, 0.1) is 13.2 Å². The van der Waals surface area contributed by atoms with Crippen molar-refractivity contribution in [3.8, 4) is 0 Å². The molecule has 3 heteroatoms. The topological polar surface area (TPSA) is 38.7 Å². The van der Waals surface area contributed by atoms with Crippen molar-refractivity contribution in [2.75, 3.05) is 6.61 Å². The summed E-state index contributed by atoms with van der Waals surface area (Å²) in [5.41, 5.74) is 1.10. The molecule has 102 valence electrons. The van der Waals surface area contributed by atoms with E-state index in [0.717, 1.165) is 18.4 Å². The van der Waals surface area contributed by atoms with Crippen LogP contribution in [0.5, 0.6) is 0 Å². The first kappa shape index (κ1) is 12.9. The standard InChI is InChI=1S/C16H20O3/c17-15-14-9-5-4-8-13(14)11-19-16(15)18-10-12-6-2-1-3-7-12/h1-7,13-17H,8-11H2/t13-,14-,15-,16-/m1/s1. The Morgan fingerprint density at radius 1 is 1.16 bits per heavy atom. The minimum Gasteiger partial charge on any atom is -0.388 e. The summed E-state index contributed by atoms with van der Waals surface area (Å²) in [6.45, 7) is 1.17. The van der Waals surface area contributed by atoms with Crippen LogP contribution < -0.4 is 0 Å². The third-order valence-electron chi connectivity index (χ3n) is 4.07. The van der Waals surface area contributed by atoms with E-state index in [4.69, 9.17) is 9.47 Å². The second kappa shape index (κ2) is 5.87. The molecule has 0 spiro atoms. The monoisotopic (exact) mass is 260 g/mol. The van der Waals surface area contributed by atoms with Crippen LogP contribution in [-0.4, -0.2) is 24.1 Å². The molecule has 3 rings (SSSR count). The molecule has 19 heavy (non-hydrogen) atoms. The number of allylic oxidation sites excluding steroid dienone is 2. The van der Waals surface area contributed by atoms with Gasteiger partial charge in [0.25, 0.3) is 0 Å². The highest BCUT2D eigenvalue weighted by molar-refractivity contribution is 5.13. The summed E-state index contributed by atoms with van der Waals surface area (Å²) >= 11 is 0. The molecule has 0 radical (unpaired) electrons. The van der Waals surface area contributed by atoms with Crippen LogP contribution in [0.25, 0.3) is 0 Å². The van der Waals surface area contributed by atoms with Crippen molar-refractivity contribution in [1.29, 1.82) is 0 Å². The van der Waals surface area contributed by atoms with E-state index in [-0.39, 0.29) is 5.92 Å². The van der Waals surface area contributed by atoms with Crippen molar-refractivity contribution in [2.45, 2.75) is 31.8 Å². The van der Waals surface area contributed by atoms with E-state index in [9.17, 15) is 5.11 Å². The van der Waals surface area contributed by atoms with Gasteiger partial charge in [-0.15, -0.1) is 0 Å². The predicted octanol–water partition coefficient (Wildman–Crippen LogP) is 2.50. The van der Waals surface area contributed by atoms with Crippen molar-refractivity contribution in [3.63, 3.8) is 0 Å². The normalized spacial score (nSPS) is 33.9. The smallest absolute Gasteiger partial charge is 0.184 e. The maximum absolute atomic E-state index is 10.4. The van der Waals surface area contributed by atoms with Crippen LogP contribution >= 0.6 is 0 Å². The van der Waals surface area contributed by atoms with Crippen molar-refractivity contribution in [1.82, 2.24) is 0 Å². The van der Waals surface area contributed by atoms with Gasteiger partial charge in [-0.2, -0.15) is 0 Å². The Balaban J connectivity index is 1.58. The first-order chi connectivity index (χ1) is 9.34. The second-order valence-corrected chi connectivity index (χ2v) is 5.36. The Bertz CT molecular complexity index is 429. The quantitative estimate of drug-likeness (QED) is 0.849. The third-order valence-corrected chi connectivity index (χ3v) is 4.07. The van der Waals surface area contributed by atoms with E-state index >= 15 is 0 Å². The Labute approximate surface area is 113 Å². The number of hydrogen-bond acceptors (Lipinski definition) is 3. The molecule has 0 amide bonds. The van der Waals surface area contributed by atoms with Gasteiger partial charge in [-0.25, -0.2) is 0 Å². The minimum absolute atomic E-state index is 0.277. The molecule has 1 N–H and O–H groups in total. The van der Waals surface area contributed by atoms with Gasteiger partial charge in [-0.1, -0.05) is 42.5 Å². The summed E-state index contributed by atoms with van der Waals surface area (Å²) in [7, 11) is 0. The Morgan fingerprint density at radius 2 is 1.95 bits per heavy atom. The van der Waals surface area contributed by atoms with Crippen LogP contribution in [0.2, 0.25) is 0 Å². The largest absolute Gasteiger partial charge is 0.388 e. The molecule has 0 aromatic heterocycles. The van der Waals surface area contributed by atoms with E-state index in [1.165, 1.54) is 0 Å². The fourth-order valence-corrected chi connectivity index (χ4v) is 2.92. The lowest BCUT2D eigenvalue weighted by Gasteiger charge is -2.41. The van der Waals surface area contributed by atoms with Gasteiger partial charge in [-0.05, 0) is 30.2 Å². The van der Waals surface area contributed by atoms with Crippen LogP contribution in [0, 0.1) is 11.8 Å². The van der Waals surface area contributed by atoms with Gasteiger partial charge in [0.2, 0.25) is 0 Å². The summed E-state index contributed by atoms with van der Waals surface area (Å²) < 4.78 is 11.4. The molecule has 0 bridgehead atoms. The fourth-order valence-electron chi connectivity index (χ4n) is 2.92. The van der Waals surface area contributed by atoms with Crippen molar-refractivity contribution in [2.24, 2.45) is 11.8 Å². The highest BCUT2D eigenvalue weighted by Crippen LogP contribution is 2.35. The van der Waals surface area contributed by atoms with E-state index in [1.54, 1.807) is 0 Å². The van der Waals surface area contributed by atoms with Crippen molar-refractivity contribution >= 4 is 0 Å². The Kier molecular flexibility index (Phi) is 3.97. The lowest BCUT2D eigenvalue weighted by molar-refractivity contribution is -0.251. The highest BCUT2D eigenvalue weighted by atomic mass is 16.7. The molecule has 1 heterocycles. The predicted molar refractivity (Wildman–Crippen MR) is 72.3 cm³/mol. The minimum atomic E-state index is -0.521. The zero-order chi connectivity index (χ0) is 13.1. The van der Waals surface area contributed by atoms with Gasteiger partial charge in [0.1, 0.15) is 6.10 Å². The Morgan fingerprint density at radius 3 is 2.79 bits per heavy atom. The molecule has 1 aromatic carbocycles. The molecule has 3 nitrogen and oxygen atoms in total. The van der Waals surface area contributed by atoms with Crippen LogP contribution in [0.4, 0.5) is 0 Å². The Hall–Kier alpha value is -1.16. The first-order valence-electron chi connectivity index (χ1n) is 6.95. The van der Waals surface area contributed by atoms with Gasteiger partial charge in [0.15, 0.2) is 6.29 Å². The molecule has 1 fully saturated rings. The number of ether oxygens (including phenoxy) is 2. The van der Waals surface area contributed by atoms with Crippen LogP contribution in [-0.2, 0) is 16.1 Å². The van der Waals surface area contributed by atoms with Gasteiger partial charge < -0.3 is 14.6 Å². The molecule has 1 aliphatic carbocycles. The van der Waals surface area contributed by atoms with Crippen LogP contribution in [0.1, 0.15) is 18.4 Å². The van der Waals surface area contributed by atoms with Gasteiger partial charge in [0, 0.05) is 0 Å². The molecule has 1 aromatic rings. The maximum Gasteiger partial charge on any atom is 0.184 e. The zero-order valence-corrected chi connectivity index (χ0v) is 10.9. The lowest BCUT2D eigenvalue weighted by atomic mass is 9.78. The highest BCUT2D eigenvalue weighted by Gasteiger charge is 2.39. The van der Waals surface area contributed by atoms with E-state index < -0.39 is 12.4 Å². The van der Waals surface area contributed by atoms with Crippen molar-refractivity contribution < 1.29 is 14.6 Å². The molecular formula is C16H20O3. The average Bonchev–Trinajstić information content (AvgIpc) is 2.48. The molecular weight excluding hydrogens is 240 g/mol. The van der Waals surface area contributed by atoms with E-state index in [0.29, 0.717) is 19.1 Å². The molecule has 4 atom stereocenters. The number of fused-ring (bicyclic) bond motifs is 1. The zero-order valence-electron chi connectivity index (χ0n) is 10.9. The summed E-state index contributed by atoms with van der Waals surface area (Å²) in [6, 6.07) is 9.98. The van der Waals surface area contributed by atoms with Gasteiger partial charge in [-0.3, -0.25) is 0 Å². The molecule has 1 saturated heterocycles. The van der Waals surface area contributed by atoms with E-state index in [2.05, 4.69) is 12.2 Å². The second-order valence-electron chi connectivity index (χ2n) is 5.36. The molecule has 1 aliphatic heterocycles. The fraction of sp³-hybridized carbons (Fsp3) is 0.500. The SMILES string of the molecule is O[C@H]1[C@H](OCc2ccccc2)OC[C@H]2CC=CC[C@H]21. The maximum atomic E-state index is 10.4. The van der Waals surface area contributed by atoms with Crippen LogP contribution in [0.15, 0.2) is 42.5 Å². The first-order valence-corrected chi connectivity index (χ1v) is 6.95. The summed E-state index contributed by atoms with van der Waals surface area (Å²) in [6.07, 6.45) is 5.26. The summed E-state index contributed by atoms with van der Waals surface area (Å²) in [4.78, 5) is 0.